The van der Waals surface area contributed by atoms with Crippen molar-refractivity contribution in [3.63, 3.8) is 0 Å². The second-order valence-electron chi connectivity index (χ2n) is 6.83. The number of aryl methyl sites for hydroxylation is 1. The molecule has 0 amide bonds. The van der Waals surface area contributed by atoms with Crippen LogP contribution >= 0.6 is 0 Å². The Morgan fingerprint density at radius 1 is 0.880 bits per heavy atom. The molecular formula is C20H26N2O2S. The van der Waals surface area contributed by atoms with Gasteiger partial charge < -0.3 is 5.32 Å². The molecule has 1 fully saturated rings. The minimum Gasteiger partial charge on any atom is -0.382 e. The zero-order chi connectivity index (χ0) is 17.7. The highest BCUT2D eigenvalue weighted by Crippen LogP contribution is 2.23. The van der Waals surface area contributed by atoms with Crippen molar-refractivity contribution in [1.29, 1.82) is 0 Å². The summed E-state index contributed by atoms with van der Waals surface area (Å²) in [5, 5.41) is 3.57. The molecule has 0 aliphatic heterocycles. The smallest absolute Gasteiger partial charge is 0.261 e. The maximum absolute atomic E-state index is 12.5. The van der Waals surface area contributed by atoms with Crippen LogP contribution in [0.15, 0.2) is 53.4 Å². The predicted molar refractivity (Wildman–Crippen MR) is 104 cm³/mol. The van der Waals surface area contributed by atoms with Crippen LogP contribution in [-0.2, 0) is 10.0 Å². The summed E-state index contributed by atoms with van der Waals surface area (Å²) >= 11 is 0. The number of sulfonamides is 1. The van der Waals surface area contributed by atoms with Gasteiger partial charge in [0.25, 0.3) is 10.0 Å². The van der Waals surface area contributed by atoms with Crippen LogP contribution in [0.1, 0.15) is 44.1 Å². The Hall–Kier alpha value is -2.01. The van der Waals surface area contributed by atoms with Crippen molar-refractivity contribution in [2.45, 2.75) is 56.4 Å². The molecule has 2 N–H and O–H groups in total. The second kappa shape index (κ2) is 7.91. The van der Waals surface area contributed by atoms with Crippen LogP contribution in [-0.4, -0.2) is 14.5 Å². The van der Waals surface area contributed by atoms with Gasteiger partial charge in [-0.05, 0) is 61.7 Å². The average molecular weight is 359 g/mol. The Labute approximate surface area is 150 Å². The van der Waals surface area contributed by atoms with E-state index in [4.69, 9.17) is 0 Å². The van der Waals surface area contributed by atoms with Gasteiger partial charge in [0.05, 0.1) is 4.90 Å². The number of benzene rings is 2. The monoisotopic (exact) mass is 358 g/mol. The Morgan fingerprint density at radius 2 is 1.52 bits per heavy atom. The summed E-state index contributed by atoms with van der Waals surface area (Å²) in [6.45, 7) is 1.88. The zero-order valence-corrected chi connectivity index (χ0v) is 15.5. The summed E-state index contributed by atoms with van der Waals surface area (Å²) < 4.78 is 27.6. The Bertz CT molecular complexity index is 793. The molecule has 1 aliphatic carbocycles. The van der Waals surface area contributed by atoms with Crippen molar-refractivity contribution in [2.75, 3.05) is 10.0 Å². The van der Waals surface area contributed by atoms with Gasteiger partial charge in [-0.15, -0.1) is 0 Å². The molecule has 0 radical (unpaired) electrons. The number of anilines is 2. The first kappa shape index (κ1) is 17.8. The molecule has 0 bridgehead atoms. The summed E-state index contributed by atoms with van der Waals surface area (Å²) in [5.74, 6) is 0. The van der Waals surface area contributed by atoms with Crippen LogP contribution < -0.4 is 10.0 Å². The largest absolute Gasteiger partial charge is 0.382 e. The van der Waals surface area contributed by atoms with E-state index >= 15 is 0 Å². The summed E-state index contributed by atoms with van der Waals surface area (Å²) in [5.41, 5.74) is 2.55. The van der Waals surface area contributed by atoms with E-state index in [2.05, 4.69) is 10.0 Å². The van der Waals surface area contributed by atoms with Gasteiger partial charge in [-0.3, -0.25) is 4.72 Å². The van der Waals surface area contributed by atoms with E-state index in [0.29, 0.717) is 11.7 Å². The highest BCUT2D eigenvalue weighted by Gasteiger charge is 2.15. The van der Waals surface area contributed by atoms with Gasteiger partial charge in [-0.1, -0.05) is 37.8 Å². The summed E-state index contributed by atoms with van der Waals surface area (Å²) in [6.07, 6.45) is 7.65. The van der Waals surface area contributed by atoms with Gasteiger partial charge in [0.2, 0.25) is 0 Å². The van der Waals surface area contributed by atoms with Crippen LogP contribution in [0, 0.1) is 6.92 Å². The third-order valence-electron chi connectivity index (χ3n) is 4.66. The van der Waals surface area contributed by atoms with Crippen LogP contribution in [0.4, 0.5) is 11.4 Å². The molecule has 4 nitrogen and oxygen atoms in total. The lowest BCUT2D eigenvalue weighted by molar-refractivity contribution is 0.601. The fourth-order valence-corrected chi connectivity index (χ4v) is 4.45. The molecule has 2 aromatic rings. The molecule has 0 aromatic heterocycles. The molecule has 5 heteroatoms. The van der Waals surface area contributed by atoms with Gasteiger partial charge in [0, 0.05) is 17.4 Å². The fourth-order valence-electron chi connectivity index (χ4n) is 3.29. The number of hydrogen-bond acceptors (Lipinski definition) is 3. The quantitative estimate of drug-likeness (QED) is 0.745. The minimum absolute atomic E-state index is 0.285. The molecule has 134 valence electrons. The molecular weight excluding hydrogens is 332 g/mol. The van der Waals surface area contributed by atoms with E-state index in [1.807, 2.05) is 37.3 Å². The fraction of sp³-hybridized carbons (Fsp3) is 0.400. The molecule has 0 spiro atoms. The molecule has 0 saturated heterocycles. The lowest BCUT2D eigenvalue weighted by Gasteiger charge is -2.18. The number of hydrogen-bond donors (Lipinski definition) is 2. The topological polar surface area (TPSA) is 58.2 Å². The van der Waals surface area contributed by atoms with E-state index in [-0.39, 0.29) is 4.90 Å². The van der Waals surface area contributed by atoms with Gasteiger partial charge in [0.15, 0.2) is 0 Å². The van der Waals surface area contributed by atoms with Gasteiger partial charge in [-0.25, -0.2) is 8.42 Å². The second-order valence-corrected chi connectivity index (χ2v) is 8.51. The molecule has 3 rings (SSSR count). The molecule has 0 heterocycles. The minimum atomic E-state index is -3.55. The third-order valence-corrected chi connectivity index (χ3v) is 6.04. The normalized spacial score (nSPS) is 16.2. The van der Waals surface area contributed by atoms with Gasteiger partial charge in [-0.2, -0.15) is 0 Å². The van der Waals surface area contributed by atoms with Crippen LogP contribution in [0.2, 0.25) is 0 Å². The van der Waals surface area contributed by atoms with E-state index < -0.39 is 10.0 Å². The highest BCUT2D eigenvalue weighted by atomic mass is 32.2. The van der Waals surface area contributed by atoms with Gasteiger partial charge in [0.1, 0.15) is 0 Å². The third kappa shape index (κ3) is 4.98. The first-order valence-electron chi connectivity index (χ1n) is 8.99. The van der Waals surface area contributed by atoms with Crippen molar-refractivity contribution in [1.82, 2.24) is 0 Å². The lowest BCUT2D eigenvalue weighted by atomic mass is 10.1. The molecule has 0 atom stereocenters. The standard InChI is InChI=1S/C20H26N2O2S/c1-16-7-6-10-20(15-16)25(23,24)22-19-13-11-18(12-14-19)21-17-8-4-2-3-5-9-17/h6-7,10-15,17,21-22H,2-5,8-9H2,1H3. The Balaban J connectivity index is 1.66. The van der Waals surface area contributed by atoms with Crippen molar-refractivity contribution >= 4 is 21.4 Å². The van der Waals surface area contributed by atoms with E-state index in [0.717, 1.165) is 11.3 Å². The van der Waals surface area contributed by atoms with E-state index in [1.54, 1.807) is 18.2 Å². The van der Waals surface area contributed by atoms with E-state index in [1.165, 1.54) is 38.5 Å². The van der Waals surface area contributed by atoms with E-state index in [9.17, 15) is 8.42 Å². The molecule has 1 saturated carbocycles. The predicted octanol–water partition coefficient (Wildman–Crippen LogP) is 4.93. The van der Waals surface area contributed by atoms with Crippen LogP contribution in [0.3, 0.4) is 0 Å². The number of rotatable bonds is 5. The van der Waals surface area contributed by atoms with Crippen molar-refractivity contribution in [3.8, 4) is 0 Å². The van der Waals surface area contributed by atoms with Gasteiger partial charge >= 0.3 is 0 Å². The Morgan fingerprint density at radius 3 is 2.16 bits per heavy atom. The van der Waals surface area contributed by atoms with Crippen molar-refractivity contribution in [2.24, 2.45) is 0 Å². The lowest BCUT2D eigenvalue weighted by Crippen LogP contribution is -2.18. The average Bonchev–Trinajstić information content (AvgIpc) is 2.85. The SMILES string of the molecule is Cc1cccc(S(=O)(=O)Nc2ccc(NC3CCCCCC3)cc2)c1. The first-order chi connectivity index (χ1) is 12.0. The first-order valence-corrected chi connectivity index (χ1v) is 10.5. The maximum atomic E-state index is 12.5. The molecule has 2 aromatic carbocycles. The molecule has 0 unspecified atom stereocenters. The summed E-state index contributed by atoms with van der Waals surface area (Å²) in [6, 6.07) is 15.0. The summed E-state index contributed by atoms with van der Waals surface area (Å²) in [4.78, 5) is 0.285. The summed E-state index contributed by atoms with van der Waals surface area (Å²) in [7, 11) is -3.55. The van der Waals surface area contributed by atoms with Crippen molar-refractivity contribution in [3.05, 3.63) is 54.1 Å². The maximum Gasteiger partial charge on any atom is 0.261 e. The van der Waals surface area contributed by atoms with Crippen LogP contribution in [0.25, 0.3) is 0 Å². The van der Waals surface area contributed by atoms with Crippen LogP contribution in [0.5, 0.6) is 0 Å². The molecule has 1 aliphatic rings. The highest BCUT2D eigenvalue weighted by molar-refractivity contribution is 7.92. The molecule has 25 heavy (non-hydrogen) atoms. The Kier molecular flexibility index (Phi) is 5.63. The number of nitrogens with one attached hydrogen (secondary N) is 2. The zero-order valence-electron chi connectivity index (χ0n) is 14.7. The van der Waals surface area contributed by atoms with Crippen molar-refractivity contribution < 1.29 is 8.42 Å².